The normalized spacial score (nSPS) is 12.4. The Balaban J connectivity index is 5.72. The van der Waals surface area contributed by atoms with Crippen molar-refractivity contribution in [3.05, 3.63) is 24.7 Å². The largest absolute Gasteiger partial charge is 0.501 e. The quantitative estimate of drug-likeness (QED) is 0.446. The molecule has 0 atom stereocenters. The zero-order valence-electron chi connectivity index (χ0n) is 13.3. The molecule has 0 aliphatic carbocycles. The van der Waals surface area contributed by atoms with Crippen LogP contribution in [-0.2, 0) is 4.74 Å². The lowest BCUT2D eigenvalue weighted by atomic mass is 10.7. The number of allylic oxidation sites excluding steroid dienone is 1. The number of hydrogen-bond donors (Lipinski definition) is 0. The fourth-order valence-corrected chi connectivity index (χ4v) is 5.94. The van der Waals surface area contributed by atoms with Gasteiger partial charge >= 0.3 is 0 Å². The van der Waals surface area contributed by atoms with E-state index in [0.29, 0.717) is 6.61 Å². The molecule has 0 spiro atoms. The van der Waals surface area contributed by atoms with Crippen LogP contribution in [0.25, 0.3) is 0 Å². The molecular formula is C15H31N2OP. The predicted octanol–water partition coefficient (Wildman–Crippen LogP) is 4.01. The standard InChI is InChI=1S/C15H31N2OP/c1-7-14-19(15-13-18-12-6,16(8-2)9-3)17(10-4)11-5/h7,13-15H,1,8-12H2,2-6H3/b15-13+. The monoisotopic (exact) mass is 286 g/mol. The van der Waals surface area contributed by atoms with Crippen molar-refractivity contribution >= 4 is 13.0 Å². The minimum atomic E-state index is -1.63. The molecule has 4 heteroatoms. The van der Waals surface area contributed by atoms with E-state index in [4.69, 9.17) is 4.74 Å². The first kappa shape index (κ1) is 18.5. The molecule has 0 radical (unpaired) electrons. The van der Waals surface area contributed by atoms with Crippen LogP contribution >= 0.6 is 7.19 Å². The number of rotatable bonds is 10. The maximum Gasteiger partial charge on any atom is 0.0857 e. The summed E-state index contributed by atoms with van der Waals surface area (Å²) in [6.45, 7) is 19.6. The van der Waals surface area contributed by atoms with Gasteiger partial charge in [-0.2, -0.15) is 0 Å². The second-order valence-electron chi connectivity index (χ2n) is 4.10. The van der Waals surface area contributed by atoms with Crippen LogP contribution in [0.1, 0.15) is 34.6 Å². The zero-order chi connectivity index (χ0) is 14.7. The molecule has 0 bridgehead atoms. The summed E-state index contributed by atoms with van der Waals surface area (Å²) in [7, 11) is -1.63. The summed E-state index contributed by atoms with van der Waals surface area (Å²) < 4.78 is 10.5. The summed E-state index contributed by atoms with van der Waals surface area (Å²) in [5.41, 5.74) is 0. The van der Waals surface area contributed by atoms with Crippen LogP contribution in [0.3, 0.4) is 0 Å². The van der Waals surface area contributed by atoms with Gasteiger partial charge in [-0.25, -0.2) is 0 Å². The van der Waals surface area contributed by atoms with Gasteiger partial charge in [0.15, 0.2) is 0 Å². The molecule has 0 heterocycles. The van der Waals surface area contributed by atoms with Gasteiger partial charge in [0, 0.05) is 39.2 Å². The van der Waals surface area contributed by atoms with E-state index in [0.717, 1.165) is 26.2 Å². The van der Waals surface area contributed by atoms with Gasteiger partial charge in [0.25, 0.3) is 0 Å². The van der Waals surface area contributed by atoms with Crippen LogP contribution in [0.5, 0.6) is 0 Å². The summed E-state index contributed by atoms with van der Waals surface area (Å²) in [4.78, 5) is 0. The third-order valence-corrected chi connectivity index (χ3v) is 7.39. The van der Waals surface area contributed by atoms with E-state index in [1.165, 1.54) is 0 Å². The molecule has 0 amide bonds. The Bertz CT molecular complexity index is 302. The lowest BCUT2D eigenvalue weighted by Crippen LogP contribution is -2.32. The van der Waals surface area contributed by atoms with E-state index in [9.17, 15) is 0 Å². The van der Waals surface area contributed by atoms with Crippen LogP contribution in [0.15, 0.2) is 24.7 Å². The summed E-state index contributed by atoms with van der Waals surface area (Å²) in [5, 5.41) is 0. The van der Waals surface area contributed by atoms with E-state index < -0.39 is 7.19 Å². The van der Waals surface area contributed by atoms with Gasteiger partial charge < -0.3 is 4.74 Å². The first-order valence-electron chi connectivity index (χ1n) is 7.32. The summed E-state index contributed by atoms with van der Waals surface area (Å²) >= 11 is 0. The Morgan fingerprint density at radius 1 is 0.947 bits per heavy atom. The highest BCUT2D eigenvalue weighted by Gasteiger charge is 2.26. The molecule has 0 aromatic carbocycles. The highest BCUT2D eigenvalue weighted by atomic mass is 31.2. The lowest BCUT2D eigenvalue weighted by molar-refractivity contribution is 0.269. The van der Waals surface area contributed by atoms with Crippen LogP contribution < -0.4 is 0 Å². The molecule has 0 fully saturated rings. The Kier molecular flexibility index (Phi) is 10.0. The smallest absolute Gasteiger partial charge is 0.0857 e. The summed E-state index contributed by atoms with van der Waals surface area (Å²) in [6, 6.07) is 0. The number of ether oxygens (including phenoxy) is 1. The van der Waals surface area contributed by atoms with Gasteiger partial charge in [0.2, 0.25) is 0 Å². The first-order valence-corrected chi connectivity index (χ1v) is 9.15. The number of nitrogens with zero attached hydrogens (tertiary/aromatic N) is 2. The van der Waals surface area contributed by atoms with E-state index >= 15 is 0 Å². The molecule has 3 nitrogen and oxygen atoms in total. The Morgan fingerprint density at radius 3 is 1.74 bits per heavy atom. The van der Waals surface area contributed by atoms with Crippen LogP contribution in [0.4, 0.5) is 0 Å². The minimum absolute atomic E-state index is 0.709. The van der Waals surface area contributed by atoms with E-state index in [2.05, 4.69) is 55.2 Å². The van der Waals surface area contributed by atoms with Crippen molar-refractivity contribution in [3.8, 4) is 0 Å². The molecule has 0 aliphatic heterocycles. The van der Waals surface area contributed by atoms with Gasteiger partial charge in [-0.1, -0.05) is 40.3 Å². The molecular weight excluding hydrogens is 255 g/mol. The van der Waals surface area contributed by atoms with Crippen molar-refractivity contribution in [1.82, 2.24) is 9.34 Å². The predicted molar refractivity (Wildman–Crippen MR) is 89.8 cm³/mol. The van der Waals surface area contributed by atoms with Crippen molar-refractivity contribution in [1.29, 1.82) is 0 Å². The molecule has 0 saturated carbocycles. The van der Waals surface area contributed by atoms with E-state index in [1.807, 2.05) is 19.3 Å². The van der Waals surface area contributed by atoms with Gasteiger partial charge in [0.1, 0.15) is 0 Å². The molecule has 0 aromatic rings. The minimum Gasteiger partial charge on any atom is -0.501 e. The first-order chi connectivity index (χ1) is 9.16. The van der Waals surface area contributed by atoms with Gasteiger partial charge in [-0.05, 0) is 12.7 Å². The molecule has 112 valence electrons. The molecule has 0 rings (SSSR count). The van der Waals surface area contributed by atoms with Crippen molar-refractivity contribution in [3.63, 3.8) is 0 Å². The van der Waals surface area contributed by atoms with Crippen molar-refractivity contribution in [2.45, 2.75) is 34.6 Å². The molecule has 0 N–H and O–H groups in total. The molecule has 0 saturated heterocycles. The number of hydrogen-bond acceptors (Lipinski definition) is 3. The van der Waals surface area contributed by atoms with Crippen molar-refractivity contribution in [2.24, 2.45) is 0 Å². The van der Waals surface area contributed by atoms with Crippen LogP contribution in [0, 0.1) is 0 Å². The van der Waals surface area contributed by atoms with Gasteiger partial charge in [-0.15, -0.1) is 0 Å². The fraction of sp³-hybridized carbons (Fsp3) is 0.667. The average molecular weight is 286 g/mol. The molecule has 0 aliphatic rings. The van der Waals surface area contributed by atoms with E-state index in [1.54, 1.807) is 0 Å². The summed E-state index contributed by atoms with van der Waals surface area (Å²) in [5.74, 6) is 4.51. The maximum atomic E-state index is 5.45. The SMILES string of the molecule is C=CC=P(/C=C/OCC)(N(CC)CC)N(CC)CC. The molecule has 0 aromatic heterocycles. The van der Waals surface area contributed by atoms with Gasteiger partial charge in [-0.3, -0.25) is 9.34 Å². The Hall–Kier alpha value is -0.500. The Labute approximate surface area is 120 Å². The fourth-order valence-electron chi connectivity index (χ4n) is 2.34. The second kappa shape index (κ2) is 10.3. The summed E-state index contributed by atoms with van der Waals surface area (Å²) in [6.07, 6.45) is 3.80. The van der Waals surface area contributed by atoms with E-state index in [-0.39, 0.29) is 0 Å². The van der Waals surface area contributed by atoms with Crippen molar-refractivity contribution in [2.75, 3.05) is 32.8 Å². The van der Waals surface area contributed by atoms with Crippen LogP contribution in [0.2, 0.25) is 0 Å². The van der Waals surface area contributed by atoms with Crippen molar-refractivity contribution < 1.29 is 4.74 Å². The third-order valence-electron chi connectivity index (χ3n) is 3.23. The topological polar surface area (TPSA) is 15.7 Å². The maximum absolute atomic E-state index is 5.45. The highest BCUT2D eigenvalue weighted by Crippen LogP contribution is 2.55. The lowest BCUT2D eigenvalue weighted by Gasteiger charge is -2.42. The zero-order valence-corrected chi connectivity index (χ0v) is 14.2. The molecule has 0 unspecified atom stereocenters. The van der Waals surface area contributed by atoms with Gasteiger partial charge in [0.05, 0.1) is 12.9 Å². The van der Waals surface area contributed by atoms with Crippen LogP contribution in [-0.4, -0.2) is 47.9 Å². The molecule has 19 heavy (non-hydrogen) atoms. The second-order valence-corrected chi connectivity index (χ2v) is 7.23. The Morgan fingerprint density at radius 2 is 1.42 bits per heavy atom. The third kappa shape index (κ3) is 4.83. The highest BCUT2D eigenvalue weighted by molar-refractivity contribution is 7.73. The average Bonchev–Trinajstić information content (AvgIpc) is 2.42.